The van der Waals surface area contributed by atoms with Crippen LogP contribution >= 0.6 is 0 Å². The molecule has 2 aromatic heterocycles. The lowest BCUT2D eigenvalue weighted by Gasteiger charge is -2.22. The summed E-state index contributed by atoms with van der Waals surface area (Å²) in [5.41, 5.74) is 2.47. The number of imidazole rings is 1. The van der Waals surface area contributed by atoms with Crippen molar-refractivity contribution < 1.29 is 13.5 Å². The summed E-state index contributed by atoms with van der Waals surface area (Å²) in [5, 5.41) is 21.4. The van der Waals surface area contributed by atoms with Gasteiger partial charge in [-0.2, -0.15) is 12.7 Å². The molecule has 168 valence electrons. The van der Waals surface area contributed by atoms with Crippen molar-refractivity contribution >= 4 is 27.4 Å². The third-order valence-electron chi connectivity index (χ3n) is 5.43. The fourth-order valence-electron chi connectivity index (χ4n) is 3.74. The Bertz CT molecular complexity index is 960. The number of rotatable bonds is 10. The quantitative estimate of drug-likeness (QED) is 0.439. The Kier molecular flexibility index (Phi) is 7.17. The van der Waals surface area contributed by atoms with E-state index in [4.69, 9.17) is 0 Å². The van der Waals surface area contributed by atoms with Crippen LogP contribution in [0.5, 0.6) is 0 Å². The number of aryl methyl sites for hydroxylation is 1. The topological polar surface area (TPSA) is 124 Å². The van der Waals surface area contributed by atoms with E-state index >= 15 is 0 Å². The molecule has 0 radical (unpaired) electrons. The molecule has 0 bridgehead atoms. The van der Waals surface area contributed by atoms with E-state index in [1.165, 1.54) is 4.31 Å². The maximum Gasteiger partial charge on any atom is 0.279 e. The molecule has 0 aliphatic carbocycles. The number of nitrogens with one attached hydrogen (secondary N) is 3. The zero-order valence-electron chi connectivity index (χ0n) is 18.1. The second-order valence-corrected chi connectivity index (χ2v) is 9.43. The Morgan fingerprint density at radius 2 is 2.10 bits per heavy atom. The summed E-state index contributed by atoms with van der Waals surface area (Å²) >= 11 is 0. The van der Waals surface area contributed by atoms with Crippen molar-refractivity contribution in [2.24, 2.45) is 0 Å². The van der Waals surface area contributed by atoms with Gasteiger partial charge in [0.05, 0.1) is 29.7 Å². The molecule has 0 amide bonds. The summed E-state index contributed by atoms with van der Waals surface area (Å²) in [6.07, 6.45) is 3.53. The van der Waals surface area contributed by atoms with E-state index in [0.29, 0.717) is 37.5 Å². The van der Waals surface area contributed by atoms with Crippen LogP contribution in [0.3, 0.4) is 0 Å². The first-order valence-electron chi connectivity index (χ1n) is 10.6. The van der Waals surface area contributed by atoms with Crippen molar-refractivity contribution in [3.8, 4) is 0 Å². The van der Waals surface area contributed by atoms with Gasteiger partial charge >= 0.3 is 0 Å². The summed E-state index contributed by atoms with van der Waals surface area (Å²) in [5.74, 6) is 0.639. The zero-order chi connectivity index (χ0) is 21.9. The summed E-state index contributed by atoms with van der Waals surface area (Å²) in [6.45, 7) is 8.80. The lowest BCUT2D eigenvalue weighted by atomic mass is 10.1. The second kappa shape index (κ2) is 9.46. The monoisotopic (exact) mass is 439 g/mol. The van der Waals surface area contributed by atoms with E-state index in [2.05, 4.69) is 25.4 Å². The van der Waals surface area contributed by atoms with E-state index in [9.17, 15) is 13.5 Å². The van der Waals surface area contributed by atoms with E-state index in [1.54, 1.807) is 20.0 Å². The van der Waals surface area contributed by atoms with Crippen LogP contribution in [-0.4, -0.2) is 70.2 Å². The first-order chi connectivity index (χ1) is 14.3. The molecule has 1 fully saturated rings. The van der Waals surface area contributed by atoms with Gasteiger partial charge in [0.2, 0.25) is 0 Å². The van der Waals surface area contributed by atoms with Gasteiger partial charge in [0.15, 0.2) is 5.65 Å². The van der Waals surface area contributed by atoms with Crippen molar-refractivity contribution in [1.82, 2.24) is 23.6 Å². The minimum Gasteiger partial charge on any atom is -0.391 e. The SMILES string of the molecule is CCNS(=O)(=O)N1CC[C@H](Nc2cc(N[C@@H](CC)[C@@H](C)O)nn3c(CC)cnc23)C1. The van der Waals surface area contributed by atoms with E-state index in [1.807, 2.05) is 24.4 Å². The number of fused-ring (bicyclic) bond motifs is 1. The molecule has 30 heavy (non-hydrogen) atoms. The fraction of sp³-hybridized carbons (Fsp3) is 0.684. The highest BCUT2D eigenvalue weighted by Gasteiger charge is 2.31. The van der Waals surface area contributed by atoms with Gasteiger partial charge in [0.25, 0.3) is 10.2 Å². The van der Waals surface area contributed by atoms with Crippen molar-refractivity contribution in [2.45, 2.75) is 65.1 Å². The van der Waals surface area contributed by atoms with Gasteiger partial charge in [-0.05, 0) is 26.2 Å². The first kappa shape index (κ1) is 22.7. The normalized spacial score (nSPS) is 19.8. The summed E-state index contributed by atoms with van der Waals surface area (Å²) in [6, 6.07) is 1.73. The van der Waals surface area contributed by atoms with Crippen LogP contribution in [0.1, 0.15) is 46.2 Å². The number of hydrogen-bond donors (Lipinski definition) is 4. The number of aliphatic hydroxyl groups excluding tert-OH is 1. The zero-order valence-corrected chi connectivity index (χ0v) is 18.9. The number of nitrogens with zero attached hydrogens (tertiary/aromatic N) is 4. The molecule has 3 rings (SSSR count). The van der Waals surface area contributed by atoms with Gasteiger partial charge in [0.1, 0.15) is 5.82 Å². The third kappa shape index (κ3) is 4.85. The molecule has 0 unspecified atom stereocenters. The van der Waals surface area contributed by atoms with E-state index in [0.717, 1.165) is 24.2 Å². The van der Waals surface area contributed by atoms with E-state index < -0.39 is 16.3 Å². The Hall–Kier alpha value is -1.95. The number of anilines is 2. The average Bonchev–Trinajstić information content (AvgIpc) is 3.33. The largest absolute Gasteiger partial charge is 0.391 e. The molecule has 3 atom stereocenters. The molecular formula is C19H33N7O3S. The first-order valence-corrected chi connectivity index (χ1v) is 12.1. The van der Waals surface area contributed by atoms with Crippen molar-refractivity contribution in [2.75, 3.05) is 30.3 Å². The lowest BCUT2D eigenvalue weighted by Crippen LogP contribution is -2.40. The Labute approximate surface area is 178 Å². The molecule has 0 aromatic carbocycles. The predicted molar refractivity (Wildman–Crippen MR) is 118 cm³/mol. The van der Waals surface area contributed by atoms with Gasteiger partial charge in [-0.15, -0.1) is 5.10 Å². The number of aliphatic hydroxyl groups is 1. The minimum absolute atomic E-state index is 0.0296. The van der Waals surface area contributed by atoms with E-state index in [-0.39, 0.29) is 12.1 Å². The second-order valence-electron chi connectivity index (χ2n) is 7.67. The van der Waals surface area contributed by atoms with Crippen LogP contribution in [0.25, 0.3) is 5.65 Å². The molecule has 0 saturated carbocycles. The maximum absolute atomic E-state index is 12.3. The molecule has 2 aromatic rings. The summed E-state index contributed by atoms with van der Waals surface area (Å²) in [7, 11) is -3.44. The Morgan fingerprint density at radius 3 is 2.73 bits per heavy atom. The highest BCUT2D eigenvalue weighted by molar-refractivity contribution is 7.87. The van der Waals surface area contributed by atoms with Gasteiger partial charge in [-0.1, -0.05) is 20.8 Å². The summed E-state index contributed by atoms with van der Waals surface area (Å²) in [4.78, 5) is 4.52. The van der Waals surface area contributed by atoms with Gasteiger partial charge in [-0.25, -0.2) is 14.2 Å². The Balaban J connectivity index is 1.87. The van der Waals surface area contributed by atoms with Crippen LogP contribution < -0.4 is 15.4 Å². The molecule has 0 spiro atoms. The Morgan fingerprint density at radius 1 is 1.33 bits per heavy atom. The number of aromatic nitrogens is 3. The van der Waals surface area contributed by atoms with Gasteiger partial charge in [-0.3, -0.25) is 0 Å². The van der Waals surface area contributed by atoms with Gasteiger partial charge in [0, 0.05) is 31.7 Å². The van der Waals surface area contributed by atoms with Crippen LogP contribution in [0, 0.1) is 0 Å². The van der Waals surface area contributed by atoms with Crippen molar-refractivity contribution in [3.05, 3.63) is 18.0 Å². The van der Waals surface area contributed by atoms with Crippen LogP contribution in [0.15, 0.2) is 12.3 Å². The average molecular weight is 440 g/mol. The maximum atomic E-state index is 12.3. The smallest absolute Gasteiger partial charge is 0.279 e. The molecule has 1 aliphatic heterocycles. The van der Waals surface area contributed by atoms with Gasteiger partial charge < -0.3 is 15.7 Å². The molecule has 3 heterocycles. The standard InChI is InChI=1S/C19H33N7O3S/c1-5-15-11-20-19-17(10-18(24-26(15)19)23-16(6-2)13(4)27)22-14-8-9-25(12-14)30(28,29)21-7-3/h10-11,13-14,16,21-22,27H,5-9,12H2,1-4H3,(H,23,24)/t13-,14+,16+/m1/s1. The van der Waals surface area contributed by atoms with Crippen LogP contribution in [-0.2, 0) is 16.6 Å². The number of hydrogen-bond acceptors (Lipinski definition) is 7. The third-order valence-corrected chi connectivity index (χ3v) is 7.10. The highest BCUT2D eigenvalue weighted by Crippen LogP contribution is 2.25. The molecular weight excluding hydrogens is 406 g/mol. The lowest BCUT2D eigenvalue weighted by molar-refractivity contribution is 0.169. The predicted octanol–water partition coefficient (Wildman–Crippen LogP) is 1.20. The fourth-order valence-corrected chi connectivity index (χ4v) is 5.01. The highest BCUT2D eigenvalue weighted by atomic mass is 32.2. The van der Waals surface area contributed by atoms with Crippen molar-refractivity contribution in [3.63, 3.8) is 0 Å². The summed E-state index contributed by atoms with van der Waals surface area (Å²) < 4.78 is 30.4. The van der Waals surface area contributed by atoms with Crippen LogP contribution in [0.2, 0.25) is 0 Å². The molecule has 10 nitrogen and oxygen atoms in total. The molecule has 4 N–H and O–H groups in total. The van der Waals surface area contributed by atoms with Crippen molar-refractivity contribution in [1.29, 1.82) is 0 Å². The van der Waals surface area contributed by atoms with Crippen LogP contribution in [0.4, 0.5) is 11.5 Å². The molecule has 1 aliphatic rings. The minimum atomic E-state index is -3.44. The molecule has 1 saturated heterocycles. The molecule has 11 heteroatoms.